The van der Waals surface area contributed by atoms with Crippen LogP contribution in [0, 0.1) is 6.92 Å². The van der Waals surface area contributed by atoms with E-state index >= 15 is 0 Å². The van der Waals surface area contributed by atoms with Gasteiger partial charge in [-0.15, -0.1) is 0 Å². The summed E-state index contributed by atoms with van der Waals surface area (Å²) in [7, 11) is 1.99. The Kier molecular flexibility index (Phi) is 4.87. The zero-order chi connectivity index (χ0) is 13.0. The van der Waals surface area contributed by atoms with E-state index in [1.54, 1.807) is 0 Å². The number of ether oxygens (including phenoxy) is 1. The van der Waals surface area contributed by atoms with Gasteiger partial charge in [-0.1, -0.05) is 11.6 Å². The standard InChI is InChI=1S/C14H21ClN2O/c1-11-9-12(15)3-4-14(11)17-7-8-18-10-13(17)5-6-16-2/h3-4,9,13,16H,5-8,10H2,1-2H3. The molecule has 3 nitrogen and oxygen atoms in total. The topological polar surface area (TPSA) is 24.5 Å². The maximum Gasteiger partial charge on any atom is 0.0671 e. The Balaban J connectivity index is 2.16. The second kappa shape index (κ2) is 6.41. The summed E-state index contributed by atoms with van der Waals surface area (Å²) in [5.41, 5.74) is 2.52. The molecule has 0 bridgehead atoms. The molecule has 4 heteroatoms. The first kappa shape index (κ1) is 13.7. The van der Waals surface area contributed by atoms with E-state index in [2.05, 4.69) is 23.2 Å². The third-order valence-corrected chi connectivity index (χ3v) is 3.66. The molecule has 1 aliphatic heterocycles. The van der Waals surface area contributed by atoms with E-state index in [-0.39, 0.29) is 0 Å². The van der Waals surface area contributed by atoms with Gasteiger partial charge in [0.1, 0.15) is 0 Å². The fourth-order valence-electron chi connectivity index (χ4n) is 2.46. The first-order valence-corrected chi connectivity index (χ1v) is 6.85. The number of benzene rings is 1. The Morgan fingerprint density at radius 3 is 3.06 bits per heavy atom. The number of rotatable bonds is 4. The fraction of sp³-hybridized carbons (Fsp3) is 0.571. The number of hydrogen-bond donors (Lipinski definition) is 1. The highest BCUT2D eigenvalue weighted by Gasteiger charge is 2.23. The smallest absolute Gasteiger partial charge is 0.0671 e. The Morgan fingerprint density at radius 1 is 1.50 bits per heavy atom. The first-order valence-electron chi connectivity index (χ1n) is 6.47. The van der Waals surface area contributed by atoms with E-state index in [1.807, 2.05) is 19.2 Å². The summed E-state index contributed by atoms with van der Waals surface area (Å²) in [4.78, 5) is 2.45. The highest BCUT2D eigenvalue weighted by atomic mass is 35.5. The van der Waals surface area contributed by atoms with Crippen molar-refractivity contribution in [3.05, 3.63) is 28.8 Å². The second-order valence-electron chi connectivity index (χ2n) is 4.75. The molecule has 1 saturated heterocycles. The zero-order valence-electron chi connectivity index (χ0n) is 11.1. The van der Waals surface area contributed by atoms with Crippen molar-refractivity contribution in [1.82, 2.24) is 5.32 Å². The molecule has 0 aliphatic carbocycles. The molecule has 1 fully saturated rings. The van der Waals surface area contributed by atoms with E-state index in [1.165, 1.54) is 11.3 Å². The Hall–Kier alpha value is -0.770. The fourth-order valence-corrected chi connectivity index (χ4v) is 2.69. The van der Waals surface area contributed by atoms with Gasteiger partial charge < -0.3 is 15.0 Å². The average Bonchev–Trinajstić information content (AvgIpc) is 2.37. The number of aryl methyl sites for hydroxylation is 1. The molecule has 1 aromatic carbocycles. The van der Waals surface area contributed by atoms with Crippen LogP contribution in [0.3, 0.4) is 0 Å². The van der Waals surface area contributed by atoms with Crippen LogP contribution >= 0.6 is 11.6 Å². The van der Waals surface area contributed by atoms with E-state index in [0.717, 1.165) is 37.7 Å². The van der Waals surface area contributed by atoms with Gasteiger partial charge >= 0.3 is 0 Å². The minimum Gasteiger partial charge on any atom is -0.377 e. The van der Waals surface area contributed by atoms with E-state index in [9.17, 15) is 0 Å². The third kappa shape index (κ3) is 3.16. The van der Waals surface area contributed by atoms with Crippen molar-refractivity contribution in [3.63, 3.8) is 0 Å². The van der Waals surface area contributed by atoms with E-state index < -0.39 is 0 Å². The summed E-state index contributed by atoms with van der Waals surface area (Å²) in [6.45, 7) is 5.70. The van der Waals surface area contributed by atoms with Crippen molar-refractivity contribution in [2.24, 2.45) is 0 Å². The van der Waals surface area contributed by atoms with Crippen molar-refractivity contribution in [2.45, 2.75) is 19.4 Å². The normalized spacial score (nSPS) is 20.2. The zero-order valence-corrected chi connectivity index (χ0v) is 11.8. The van der Waals surface area contributed by atoms with Crippen molar-refractivity contribution in [1.29, 1.82) is 0 Å². The molecule has 1 atom stereocenters. The largest absolute Gasteiger partial charge is 0.377 e. The van der Waals surface area contributed by atoms with Gasteiger partial charge in [-0.25, -0.2) is 0 Å². The molecule has 1 aliphatic rings. The Labute approximate surface area is 114 Å². The summed E-state index contributed by atoms with van der Waals surface area (Å²) in [6, 6.07) is 6.57. The van der Waals surface area contributed by atoms with Crippen LogP contribution in [0.5, 0.6) is 0 Å². The van der Waals surface area contributed by atoms with Gasteiger partial charge in [0.15, 0.2) is 0 Å². The van der Waals surface area contributed by atoms with Gasteiger partial charge in [-0.3, -0.25) is 0 Å². The van der Waals surface area contributed by atoms with Crippen LogP contribution < -0.4 is 10.2 Å². The number of hydrogen-bond acceptors (Lipinski definition) is 3. The van der Waals surface area contributed by atoms with Gasteiger partial charge in [0.25, 0.3) is 0 Å². The lowest BCUT2D eigenvalue weighted by molar-refractivity contribution is 0.0917. The minimum atomic E-state index is 0.450. The second-order valence-corrected chi connectivity index (χ2v) is 5.18. The molecule has 0 saturated carbocycles. The monoisotopic (exact) mass is 268 g/mol. The lowest BCUT2D eigenvalue weighted by atomic mass is 10.1. The van der Waals surface area contributed by atoms with Crippen LogP contribution in [0.2, 0.25) is 5.02 Å². The van der Waals surface area contributed by atoms with Crippen LogP contribution in [-0.4, -0.2) is 39.4 Å². The number of halogens is 1. The first-order chi connectivity index (χ1) is 8.72. The molecular formula is C14H21ClN2O. The third-order valence-electron chi connectivity index (χ3n) is 3.42. The van der Waals surface area contributed by atoms with Crippen LogP contribution in [-0.2, 0) is 4.74 Å². The van der Waals surface area contributed by atoms with E-state index in [4.69, 9.17) is 16.3 Å². The number of nitrogens with one attached hydrogen (secondary N) is 1. The van der Waals surface area contributed by atoms with Crippen molar-refractivity contribution in [3.8, 4) is 0 Å². The molecule has 0 radical (unpaired) electrons. The number of anilines is 1. The molecule has 1 aromatic rings. The van der Waals surface area contributed by atoms with Crippen LogP contribution in [0.4, 0.5) is 5.69 Å². The maximum absolute atomic E-state index is 6.02. The summed E-state index contributed by atoms with van der Waals surface area (Å²) < 4.78 is 5.60. The summed E-state index contributed by atoms with van der Waals surface area (Å²) >= 11 is 6.02. The lowest BCUT2D eigenvalue weighted by Gasteiger charge is -2.38. The average molecular weight is 269 g/mol. The molecule has 1 N–H and O–H groups in total. The lowest BCUT2D eigenvalue weighted by Crippen LogP contribution is -2.47. The summed E-state index contributed by atoms with van der Waals surface area (Å²) in [6.07, 6.45) is 1.10. The van der Waals surface area contributed by atoms with Gasteiger partial charge in [-0.2, -0.15) is 0 Å². The molecule has 1 heterocycles. The van der Waals surface area contributed by atoms with Crippen LogP contribution in [0.25, 0.3) is 0 Å². The molecule has 0 aromatic heterocycles. The number of morpholine rings is 1. The van der Waals surface area contributed by atoms with Crippen molar-refractivity contribution >= 4 is 17.3 Å². The molecule has 0 spiro atoms. The number of nitrogens with zero attached hydrogens (tertiary/aromatic N) is 1. The summed E-state index contributed by atoms with van der Waals surface area (Å²) in [5.74, 6) is 0. The molecule has 0 amide bonds. The maximum atomic E-state index is 6.02. The summed E-state index contributed by atoms with van der Waals surface area (Å²) in [5, 5.41) is 4.01. The van der Waals surface area contributed by atoms with Gasteiger partial charge in [0.05, 0.1) is 19.3 Å². The minimum absolute atomic E-state index is 0.450. The predicted molar refractivity (Wildman–Crippen MR) is 76.7 cm³/mol. The van der Waals surface area contributed by atoms with Gasteiger partial charge in [-0.05, 0) is 50.7 Å². The van der Waals surface area contributed by atoms with Crippen molar-refractivity contribution < 1.29 is 4.74 Å². The highest BCUT2D eigenvalue weighted by Crippen LogP contribution is 2.27. The molecule has 18 heavy (non-hydrogen) atoms. The Bertz CT molecular complexity index is 397. The molecule has 1 unspecified atom stereocenters. The molecule has 2 rings (SSSR count). The Morgan fingerprint density at radius 2 is 2.33 bits per heavy atom. The van der Waals surface area contributed by atoms with Crippen LogP contribution in [0.1, 0.15) is 12.0 Å². The molecule has 100 valence electrons. The quantitative estimate of drug-likeness (QED) is 0.908. The predicted octanol–water partition coefficient (Wildman–Crippen LogP) is 2.46. The SMILES string of the molecule is CNCCC1COCCN1c1ccc(Cl)cc1C. The molecular weight excluding hydrogens is 248 g/mol. The van der Waals surface area contributed by atoms with Gasteiger partial charge in [0, 0.05) is 17.3 Å². The van der Waals surface area contributed by atoms with Crippen molar-refractivity contribution in [2.75, 3.05) is 38.3 Å². The van der Waals surface area contributed by atoms with Crippen LogP contribution in [0.15, 0.2) is 18.2 Å². The highest BCUT2D eigenvalue weighted by molar-refractivity contribution is 6.30. The van der Waals surface area contributed by atoms with E-state index in [0.29, 0.717) is 6.04 Å². The van der Waals surface area contributed by atoms with Gasteiger partial charge in [0.2, 0.25) is 0 Å².